The third-order valence-electron chi connectivity index (χ3n) is 3.54. The first-order valence-corrected chi connectivity index (χ1v) is 5.49. The van der Waals surface area contributed by atoms with Crippen molar-refractivity contribution in [3.8, 4) is 0 Å². The summed E-state index contributed by atoms with van der Waals surface area (Å²) in [6.07, 6.45) is 8.24. The highest BCUT2D eigenvalue weighted by Crippen LogP contribution is 2.56. The van der Waals surface area contributed by atoms with Gasteiger partial charge in [-0.05, 0) is 30.7 Å². The second-order valence-electron chi connectivity index (χ2n) is 4.33. The van der Waals surface area contributed by atoms with Crippen LogP contribution in [-0.2, 0) is 0 Å². The van der Waals surface area contributed by atoms with Crippen molar-refractivity contribution in [1.82, 2.24) is 0 Å². The summed E-state index contributed by atoms with van der Waals surface area (Å²) in [5, 5.41) is 0. The van der Waals surface area contributed by atoms with Crippen LogP contribution in [0.15, 0.2) is 0 Å². The molecule has 0 aliphatic heterocycles. The SMILES string of the molecule is CCCCC[C@]1(CN)CC1CC. The van der Waals surface area contributed by atoms with Crippen LogP contribution in [0, 0.1) is 11.3 Å². The molecule has 0 aromatic carbocycles. The maximum Gasteiger partial charge on any atom is -0.00178 e. The van der Waals surface area contributed by atoms with E-state index in [1.165, 1.54) is 38.5 Å². The molecule has 0 heterocycles. The van der Waals surface area contributed by atoms with Crippen LogP contribution in [0.1, 0.15) is 52.4 Å². The van der Waals surface area contributed by atoms with Crippen LogP contribution in [-0.4, -0.2) is 6.54 Å². The fourth-order valence-corrected chi connectivity index (χ4v) is 2.39. The Morgan fingerprint density at radius 2 is 2.08 bits per heavy atom. The summed E-state index contributed by atoms with van der Waals surface area (Å²) in [5.41, 5.74) is 6.40. The van der Waals surface area contributed by atoms with Gasteiger partial charge in [-0.15, -0.1) is 0 Å². The Hall–Kier alpha value is -0.0400. The van der Waals surface area contributed by atoms with E-state index in [9.17, 15) is 0 Å². The zero-order valence-electron chi connectivity index (χ0n) is 8.60. The summed E-state index contributed by atoms with van der Waals surface area (Å²) >= 11 is 0. The molecule has 1 nitrogen and oxygen atoms in total. The summed E-state index contributed by atoms with van der Waals surface area (Å²) in [6.45, 7) is 5.48. The van der Waals surface area contributed by atoms with Gasteiger partial charge in [0.15, 0.2) is 0 Å². The normalized spacial score (nSPS) is 33.8. The van der Waals surface area contributed by atoms with Crippen LogP contribution in [0.25, 0.3) is 0 Å². The Labute approximate surface area is 76.7 Å². The van der Waals surface area contributed by atoms with Gasteiger partial charge in [0.25, 0.3) is 0 Å². The maximum atomic E-state index is 5.82. The van der Waals surface area contributed by atoms with E-state index in [4.69, 9.17) is 5.73 Å². The second-order valence-corrected chi connectivity index (χ2v) is 4.33. The standard InChI is InChI=1S/C11H23N/c1-3-5-6-7-11(9-12)8-10(11)4-2/h10H,3-9,12H2,1-2H3/t10?,11-/m1/s1. The average molecular weight is 169 g/mol. The molecule has 0 amide bonds. The molecule has 1 rings (SSSR count). The lowest BCUT2D eigenvalue weighted by atomic mass is 9.95. The van der Waals surface area contributed by atoms with E-state index in [2.05, 4.69) is 13.8 Å². The van der Waals surface area contributed by atoms with Crippen molar-refractivity contribution in [2.75, 3.05) is 6.54 Å². The van der Waals surface area contributed by atoms with Gasteiger partial charge in [-0.3, -0.25) is 0 Å². The fraction of sp³-hybridized carbons (Fsp3) is 1.00. The molecule has 2 N–H and O–H groups in total. The minimum Gasteiger partial charge on any atom is -0.330 e. The largest absolute Gasteiger partial charge is 0.330 e. The number of hydrogen-bond donors (Lipinski definition) is 1. The van der Waals surface area contributed by atoms with Crippen molar-refractivity contribution in [1.29, 1.82) is 0 Å². The lowest BCUT2D eigenvalue weighted by Crippen LogP contribution is -2.17. The number of nitrogens with two attached hydrogens (primary N) is 1. The fourth-order valence-electron chi connectivity index (χ4n) is 2.39. The molecule has 0 bridgehead atoms. The Morgan fingerprint density at radius 3 is 2.50 bits per heavy atom. The van der Waals surface area contributed by atoms with E-state index in [1.54, 1.807) is 0 Å². The highest BCUT2D eigenvalue weighted by Gasteiger charge is 2.50. The van der Waals surface area contributed by atoms with Gasteiger partial charge in [-0.1, -0.05) is 39.5 Å². The topological polar surface area (TPSA) is 26.0 Å². The predicted octanol–water partition coefficient (Wildman–Crippen LogP) is 2.94. The molecule has 72 valence electrons. The third kappa shape index (κ3) is 2.01. The Morgan fingerprint density at radius 1 is 1.33 bits per heavy atom. The average Bonchev–Trinajstić information content (AvgIpc) is 2.80. The molecule has 1 unspecified atom stereocenters. The predicted molar refractivity (Wildman–Crippen MR) is 54.0 cm³/mol. The molecule has 0 saturated heterocycles. The molecule has 1 heteroatoms. The van der Waals surface area contributed by atoms with Gasteiger partial charge in [0.1, 0.15) is 0 Å². The van der Waals surface area contributed by atoms with E-state index in [1.807, 2.05) is 0 Å². The van der Waals surface area contributed by atoms with Gasteiger partial charge in [0.05, 0.1) is 0 Å². The van der Waals surface area contributed by atoms with Gasteiger partial charge in [-0.25, -0.2) is 0 Å². The molecule has 0 aromatic rings. The van der Waals surface area contributed by atoms with Crippen LogP contribution in [0.2, 0.25) is 0 Å². The second kappa shape index (κ2) is 4.27. The summed E-state index contributed by atoms with van der Waals surface area (Å²) in [4.78, 5) is 0. The van der Waals surface area contributed by atoms with Crippen LogP contribution in [0.5, 0.6) is 0 Å². The van der Waals surface area contributed by atoms with Gasteiger partial charge in [0, 0.05) is 0 Å². The van der Waals surface area contributed by atoms with E-state index >= 15 is 0 Å². The van der Waals surface area contributed by atoms with Gasteiger partial charge in [0.2, 0.25) is 0 Å². The first kappa shape index (κ1) is 10.0. The molecule has 0 radical (unpaired) electrons. The minimum atomic E-state index is 0.587. The molecule has 12 heavy (non-hydrogen) atoms. The van der Waals surface area contributed by atoms with Crippen molar-refractivity contribution < 1.29 is 0 Å². The summed E-state index contributed by atoms with van der Waals surface area (Å²) in [7, 11) is 0. The van der Waals surface area contributed by atoms with E-state index < -0.39 is 0 Å². The van der Waals surface area contributed by atoms with E-state index in [0.717, 1.165) is 12.5 Å². The smallest absolute Gasteiger partial charge is 0.00178 e. The van der Waals surface area contributed by atoms with Crippen molar-refractivity contribution in [2.45, 2.75) is 52.4 Å². The Kier molecular flexibility index (Phi) is 3.57. The van der Waals surface area contributed by atoms with Gasteiger partial charge >= 0.3 is 0 Å². The lowest BCUT2D eigenvalue weighted by Gasteiger charge is -2.13. The maximum absolute atomic E-state index is 5.82. The van der Waals surface area contributed by atoms with Gasteiger partial charge < -0.3 is 5.73 Å². The van der Waals surface area contributed by atoms with Gasteiger partial charge in [-0.2, -0.15) is 0 Å². The van der Waals surface area contributed by atoms with Crippen molar-refractivity contribution in [3.05, 3.63) is 0 Å². The molecular formula is C11H23N. The molecule has 2 atom stereocenters. The highest BCUT2D eigenvalue weighted by molar-refractivity contribution is 5.01. The molecular weight excluding hydrogens is 146 g/mol. The lowest BCUT2D eigenvalue weighted by molar-refractivity contribution is 0.402. The van der Waals surface area contributed by atoms with Crippen molar-refractivity contribution in [2.24, 2.45) is 17.1 Å². The van der Waals surface area contributed by atoms with E-state index in [-0.39, 0.29) is 0 Å². The zero-order valence-corrected chi connectivity index (χ0v) is 8.60. The van der Waals surface area contributed by atoms with Crippen LogP contribution >= 0.6 is 0 Å². The quantitative estimate of drug-likeness (QED) is 0.608. The molecule has 1 aliphatic rings. The Bertz CT molecular complexity index is 133. The summed E-state index contributed by atoms with van der Waals surface area (Å²) in [6, 6.07) is 0. The minimum absolute atomic E-state index is 0.587. The monoisotopic (exact) mass is 169 g/mol. The number of unbranched alkanes of at least 4 members (excludes halogenated alkanes) is 2. The molecule has 0 aromatic heterocycles. The first-order chi connectivity index (χ1) is 5.79. The van der Waals surface area contributed by atoms with Crippen LogP contribution in [0.3, 0.4) is 0 Å². The van der Waals surface area contributed by atoms with Crippen molar-refractivity contribution >= 4 is 0 Å². The van der Waals surface area contributed by atoms with Crippen molar-refractivity contribution in [3.63, 3.8) is 0 Å². The van der Waals surface area contributed by atoms with Crippen LogP contribution in [0.4, 0.5) is 0 Å². The van der Waals surface area contributed by atoms with E-state index in [0.29, 0.717) is 5.41 Å². The molecule has 0 spiro atoms. The molecule has 1 aliphatic carbocycles. The van der Waals surface area contributed by atoms with Crippen LogP contribution < -0.4 is 5.73 Å². The summed E-state index contributed by atoms with van der Waals surface area (Å²) < 4.78 is 0. The first-order valence-electron chi connectivity index (χ1n) is 5.49. The highest BCUT2D eigenvalue weighted by atomic mass is 14.7. The molecule has 1 fully saturated rings. The number of rotatable bonds is 6. The zero-order chi connectivity index (χ0) is 9.03. The summed E-state index contributed by atoms with van der Waals surface area (Å²) in [5.74, 6) is 0.958. The Balaban J connectivity index is 2.19. The number of hydrogen-bond acceptors (Lipinski definition) is 1. The molecule has 1 saturated carbocycles. The third-order valence-corrected chi connectivity index (χ3v) is 3.54.